The van der Waals surface area contributed by atoms with Crippen molar-refractivity contribution in [2.45, 2.75) is 25.5 Å². The number of benzene rings is 1. The van der Waals surface area contributed by atoms with Crippen molar-refractivity contribution >= 4 is 15.9 Å². The fourth-order valence-electron chi connectivity index (χ4n) is 2.29. The van der Waals surface area contributed by atoms with E-state index in [1.54, 1.807) is 0 Å². The third kappa shape index (κ3) is 4.34. The highest BCUT2D eigenvalue weighted by atomic mass is 79.9. The van der Waals surface area contributed by atoms with Gasteiger partial charge in [-0.25, -0.2) is 4.39 Å². The van der Waals surface area contributed by atoms with Crippen LogP contribution in [0.25, 0.3) is 0 Å². The normalized spacial score (nSPS) is 18.1. The van der Waals surface area contributed by atoms with Gasteiger partial charge in [0, 0.05) is 25.0 Å². The van der Waals surface area contributed by atoms with Crippen LogP contribution in [0.4, 0.5) is 4.39 Å². The molecule has 0 bridgehead atoms. The van der Waals surface area contributed by atoms with Gasteiger partial charge in [-0.05, 0) is 30.5 Å². The molecule has 0 N–H and O–H groups in total. The van der Waals surface area contributed by atoms with Gasteiger partial charge in [0.25, 0.3) is 0 Å². The smallest absolute Gasteiger partial charge is 0.123 e. The maximum atomic E-state index is 12.8. The quantitative estimate of drug-likeness (QED) is 0.774. The van der Waals surface area contributed by atoms with Gasteiger partial charge < -0.3 is 4.74 Å². The van der Waals surface area contributed by atoms with Crippen LogP contribution in [-0.2, 0) is 11.3 Å². The first-order chi connectivity index (χ1) is 8.78. The van der Waals surface area contributed by atoms with Crippen molar-refractivity contribution in [2.75, 3.05) is 25.0 Å². The average molecular weight is 316 g/mol. The Hall–Kier alpha value is -0.450. The predicted molar refractivity (Wildman–Crippen MR) is 74.4 cm³/mol. The summed E-state index contributed by atoms with van der Waals surface area (Å²) in [4.78, 5) is 2.40. The molecule has 0 atom stereocenters. The number of piperidine rings is 1. The summed E-state index contributed by atoms with van der Waals surface area (Å²) in [7, 11) is 0. The molecule has 1 aliphatic heterocycles. The van der Waals surface area contributed by atoms with Crippen molar-refractivity contribution in [1.29, 1.82) is 0 Å². The molecule has 0 radical (unpaired) electrons. The highest BCUT2D eigenvalue weighted by Gasteiger charge is 2.19. The molecule has 2 rings (SSSR count). The second-order valence-electron chi connectivity index (χ2n) is 4.66. The summed E-state index contributed by atoms with van der Waals surface area (Å²) in [6, 6.07) is 6.79. The van der Waals surface area contributed by atoms with Crippen LogP contribution in [0.5, 0.6) is 0 Å². The maximum Gasteiger partial charge on any atom is 0.123 e. The van der Waals surface area contributed by atoms with Crippen LogP contribution in [0, 0.1) is 5.82 Å². The molecule has 0 spiro atoms. The minimum Gasteiger partial charge on any atom is -0.377 e. The highest BCUT2D eigenvalue weighted by Crippen LogP contribution is 2.16. The topological polar surface area (TPSA) is 12.5 Å². The third-order valence-corrected chi connectivity index (χ3v) is 3.61. The third-order valence-electron chi connectivity index (χ3n) is 3.28. The molecule has 1 aromatic rings. The Morgan fingerprint density at radius 2 is 1.89 bits per heavy atom. The zero-order valence-electron chi connectivity index (χ0n) is 10.4. The van der Waals surface area contributed by atoms with Crippen LogP contribution < -0.4 is 0 Å². The number of alkyl halides is 1. The molecule has 1 aliphatic rings. The lowest BCUT2D eigenvalue weighted by Gasteiger charge is -2.31. The summed E-state index contributed by atoms with van der Waals surface area (Å²) in [6.07, 6.45) is 2.59. The van der Waals surface area contributed by atoms with E-state index in [9.17, 15) is 4.39 Å². The van der Waals surface area contributed by atoms with Crippen LogP contribution in [0.3, 0.4) is 0 Å². The zero-order valence-corrected chi connectivity index (χ0v) is 12.0. The van der Waals surface area contributed by atoms with E-state index >= 15 is 0 Å². The van der Waals surface area contributed by atoms with Gasteiger partial charge in [-0.2, -0.15) is 0 Å². The molecule has 100 valence electrons. The molecule has 0 amide bonds. The van der Waals surface area contributed by atoms with Crippen LogP contribution in [0.2, 0.25) is 0 Å². The number of halogens is 2. The molecule has 0 unspecified atom stereocenters. The Morgan fingerprint density at radius 1 is 1.22 bits per heavy atom. The fraction of sp³-hybridized carbons (Fsp3) is 0.571. The number of rotatable bonds is 5. The summed E-state index contributed by atoms with van der Waals surface area (Å²) in [6.45, 7) is 3.82. The molecule has 1 heterocycles. The van der Waals surface area contributed by atoms with E-state index in [1.165, 1.54) is 17.7 Å². The maximum absolute atomic E-state index is 12.8. The van der Waals surface area contributed by atoms with E-state index in [2.05, 4.69) is 20.8 Å². The van der Waals surface area contributed by atoms with Crippen molar-refractivity contribution in [2.24, 2.45) is 0 Å². The second kappa shape index (κ2) is 7.22. The number of hydrogen-bond donors (Lipinski definition) is 0. The molecule has 0 saturated carbocycles. The Bertz CT molecular complexity index is 349. The van der Waals surface area contributed by atoms with Crippen molar-refractivity contribution in [1.82, 2.24) is 4.90 Å². The number of ether oxygens (including phenoxy) is 1. The number of hydrogen-bond acceptors (Lipinski definition) is 2. The van der Waals surface area contributed by atoms with Gasteiger partial charge >= 0.3 is 0 Å². The molecular weight excluding hydrogens is 297 g/mol. The van der Waals surface area contributed by atoms with Crippen LogP contribution in [-0.4, -0.2) is 36.0 Å². The lowest BCUT2D eigenvalue weighted by Crippen LogP contribution is -2.36. The van der Waals surface area contributed by atoms with E-state index in [-0.39, 0.29) is 5.82 Å². The monoisotopic (exact) mass is 315 g/mol. The average Bonchev–Trinajstić information content (AvgIpc) is 2.41. The van der Waals surface area contributed by atoms with E-state index in [0.29, 0.717) is 6.10 Å². The Balaban J connectivity index is 1.74. The van der Waals surface area contributed by atoms with Gasteiger partial charge in [-0.15, -0.1) is 0 Å². The first-order valence-corrected chi connectivity index (χ1v) is 7.54. The molecule has 18 heavy (non-hydrogen) atoms. The number of likely N-dealkylation sites (tertiary alicyclic amines) is 1. The first kappa shape index (κ1) is 14.0. The van der Waals surface area contributed by atoms with Crippen LogP contribution in [0.15, 0.2) is 24.3 Å². The second-order valence-corrected chi connectivity index (χ2v) is 5.45. The Morgan fingerprint density at radius 3 is 2.50 bits per heavy atom. The highest BCUT2D eigenvalue weighted by molar-refractivity contribution is 9.09. The van der Waals surface area contributed by atoms with E-state index in [0.717, 1.165) is 44.4 Å². The molecule has 1 saturated heterocycles. The summed E-state index contributed by atoms with van der Waals surface area (Å²) in [5.41, 5.74) is 1.18. The van der Waals surface area contributed by atoms with Gasteiger partial charge in [0.05, 0.1) is 12.7 Å². The van der Waals surface area contributed by atoms with Gasteiger partial charge in [0.1, 0.15) is 5.82 Å². The summed E-state index contributed by atoms with van der Waals surface area (Å²) < 4.78 is 18.5. The molecule has 2 nitrogen and oxygen atoms in total. The lowest BCUT2D eigenvalue weighted by atomic mass is 10.1. The standard InChI is InChI=1S/C14H19BrFNO/c15-7-10-18-14-5-8-17(9-6-14)11-12-1-3-13(16)4-2-12/h1-4,14H,5-11H2. The van der Waals surface area contributed by atoms with E-state index in [4.69, 9.17) is 4.74 Å². The lowest BCUT2D eigenvalue weighted by molar-refractivity contribution is 0.0141. The van der Waals surface area contributed by atoms with Crippen LogP contribution >= 0.6 is 15.9 Å². The molecule has 1 aromatic carbocycles. The van der Waals surface area contributed by atoms with Gasteiger partial charge in [-0.3, -0.25) is 4.90 Å². The van der Waals surface area contributed by atoms with Gasteiger partial charge in [0.15, 0.2) is 0 Å². The summed E-state index contributed by atoms with van der Waals surface area (Å²) in [5, 5.41) is 0.906. The molecule has 0 aromatic heterocycles. The van der Waals surface area contributed by atoms with Gasteiger partial charge in [-0.1, -0.05) is 28.1 Å². The zero-order chi connectivity index (χ0) is 12.8. The van der Waals surface area contributed by atoms with Crippen molar-refractivity contribution in [3.63, 3.8) is 0 Å². The molecule has 4 heteroatoms. The van der Waals surface area contributed by atoms with E-state index < -0.39 is 0 Å². The van der Waals surface area contributed by atoms with E-state index in [1.807, 2.05) is 12.1 Å². The fourth-order valence-corrected chi connectivity index (χ4v) is 2.48. The summed E-state index contributed by atoms with van der Waals surface area (Å²) >= 11 is 3.37. The minimum atomic E-state index is -0.166. The van der Waals surface area contributed by atoms with Crippen LogP contribution in [0.1, 0.15) is 18.4 Å². The Labute approximate surface area is 116 Å². The van der Waals surface area contributed by atoms with Crippen molar-refractivity contribution < 1.29 is 9.13 Å². The molecule has 0 aliphatic carbocycles. The number of nitrogens with zero attached hydrogens (tertiary/aromatic N) is 1. The Kier molecular flexibility index (Phi) is 5.60. The van der Waals surface area contributed by atoms with Crippen molar-refractivity contribution in [3.05, 3.63) is 35.6 Å². The summed E-state index contributed by atoms with van der Waals surface area (Å²) in [5.74, 6) is -0.166. The predicted octanol–water partition coefficient (Wildman–Crippen LogP) is 3.20. The SMILES string of the molecule is Fc1ccc(CN2CCC(OCCBr)CC2)cc1. The van der Waals surface area contributed by atoms with Gasteiger partial charge in [0.2, 0.25) is 0 Å². The largest absolute Gasteiger partial charge is 0.377 e. The van der Waals surface area contributed by atoms with Crippen molar-refractivity contribution in [3.8, 4) is 0 Å². The minimum absolute atomic E-state index is 0.166. The first-order valence-electron chi connectivity index (χ1n) is 6.42. The molecule has 1 fully saturated rings. The molecular formula is C14H19BrFNO.